The van der Waals surface area contributed by atoms with Gasteiger partial charge in [0.1, 0.15) is 5.75 Å². The first kappa shape index (κ1) is 22.8. The van der Waals surface area contributed by atoms with Crippen LogP contribution in [0.25, 0.3) is 0 Å². The molecule has 0 saturated heterocycles. The number of hydrogen-bond acceptors (Lipinski definition) is 3. The van der Waals surface area contributed by atoms with Gasteiger partial charge in [0.2, 0.25) is 0 Å². The third-order valence-electron chi connectivity index (χ3n) is 6.24. The lowest BCUT2D eigenvalue weighted by atomic mass is 9.78. The number of nitrogens with one attached hydrogen (secondary N) is 2. The second-order valence-corrected chi connectivity index (χ2v) is 8.38. The normalized spacial score (nSPS) is 20.7. The number of para-hydroxylation sites is 1. The Balaban J connectivity index is 1.59. The van der Waals surface area contributed by atoms with Gasteiger partial charge in [0.25, 0.3) is 11.8 Å². The molecule has 3 atom stereocenters. The van der Waals surface area contributed by atoms with E-state index >= 15 is 0 Å². The summed E-state index contributed by atoms with van der Waals surface area (Å²) in [5.74, 6) is 1.70. The van der Waals surface area contributed by atoms with E-state index in [4.69, 9.17) is 4.74 Å². The Hall–Kier alpha value is -2.86. The standard InChI is InChI=1S/C25H33N3O3/c1-4-31-20-14-12-19(13-15-20)27-25(30)21-9-5-6-10-23(21)28-24(29)16-26-22-11-7-8-17(2)18(22)3/h5-6,9-10,12-15,17-18,22,26H,4,7-8,11,16H2,1-3H3,(H,27,30)(H,28,29)/p+1/t17-,18+,22-/m1/s1. The first-order valence-corrected chi connectivity index (χ1v) is 11.2. The van der Waals surface area contributed by atoms with E-state index in [1.54, 1.807) is 30.3 Å². The number of hydrogen-bond donors (Lipinski definition) is 3. The van der Waals surface area contributed by atoms with E-state index in [0.717, 1.165) is 12.2 Å². The Morgan fingerprint density at radius 2 is 1.77 bits per heavy atom. The number of anilines is 2. The van der Waals surface area contributed by atoms with Gasteiger partial charge in [0, 0.05) is 11.6 Å². The Labute approximate surface area is 184 Å². The second kappa shape index (κ2) is 11.0. The van der Waals surface area contributed by atoms with Gasteiger partial charge in [0.05, 0.1) is 23.9 Å². The summed E-state index contributed by atoms with van der Waals surface area (Å²) in [6.45, 7) is 7.45. The fourth-order valence-electron chi connectivity index (χ4n) is 4.21. The van der Waals surface area contributed by atoms with E-state index in [1.807, 2.05) is 25.1 Å². The maximum atomic E-state index is 12.8. The monoisotopic (exact) mass is 424 g/mol. The number of benzene rings is 2. The van der Waals surface area contributed by atoms with E-state index in [2.05, 4.69) is 29.8 Å². The molecule has 1 saturated carbocycles. The quantitative estimate of drug-likeness (QED) is 0.605. The molecule has 0 bridgehead atoms. The smallest absolute Gasteiger partial charge is 0.279 e. The highest BCUT2D eigenvalue weighted by Crippen LogP contribution is 2.27. The Morgan fingerprint density at radius 1 is 1.03 bits per heavy atom. The number of carbonyl (C=O) groups is 2. The molecule has 1 aliphatic rings. The zero-order valence-corrected chi connectivity index (χ0v) is 18.7. The van der Waals surface area contributed by atoms with Gasteiger partial charge in [-0.15, -0.1) is 0 Å². The van der Waals surface area contributed by atoms with Crippen LogP contribution >= 0.6 is 0 Å². The van der Waals surface area contributed by atoms with Crippen LogP contribution in [0, 0.1) is 11.8 Å². The molecule has 1 aliphatic carbocycles. The van der Waals surface area contributed by atoms with Gasteiger partial charge < -0.3 is 20.7 Å². The van der Waals surface area contributed by atoms with Crippen molar-refractivity contribution in [3.05, 3.63) is 54.1 Å². The van der Waals surface area contributed by atoms with Crippen molar-refractivity contribution in [1.82, 2.24) is 0 Å². The Kier molecular flexibility index (Phi) is 8.06. The van der Waals surface area contributed by atoms with Crippen molar-refractivity contribution in [2.45, 2.75) is 46.1 Å². The highest BCUT2D eigenvalue weighted by molar-refractivity contribution is 6.10. The minimum atomic E-state index is -0.265. The summed E-state index contributed by atoms with van der Waals surface area (Å²) in [6.07, 6.45) is 3.65. The fourth-order valence-corrected chi connectivity index (χ4v) is 4.21. The van der Waals surface area contributed by atoms with Gasteiger partial charge in [-0.25, -0.2) is 0 Å². The summed E-state index contributed by atoms with van der Waals surface area (Å²) in [6, 6.07) is 14.8. The van der Waals surface area contributed by atoms with Crippen LogP contribution in [-0.4, -0.2) is 31.0 Å². The molecule has 0 aliphatic heterocycles. The lowest BCUT2D eigenvalue weighted by molar-refractivity contribution is -0.688. The average molecular weight is 425 g/mol. The van der Waals surface area contributed by atoms with E-state index in [1.165, 1.54) is 12.8 Å². The van der Waals surface area contributed by atoms with Crippen molar-refractivity contribution in [2.24, 2.45) is 11.8 Å². The minimum absolute atomic E-state index is 0.0910. The molecular formula is C25H34N3O3+. The average Bonchev–Trinajstić information content (AvgIpc) is 2.76. The van der Waals surface area contributed by atoms with E-state index in [9.17, 15) is 9.59 Å². The molecule has 0 spiro atoms. The van der Waals surface area contributed by atoms with Crippen molar-refractivity contribution in [1.29, 1.82) is 0 Å². The Bertz CT molecular complexity index is 882. The van der Waals surface area contributed by atoms with Crippen molar-refractivity contribution in [3.63, 3.8) is 0 Å². The zero-order chi connectivity index (χ0) is 22.2. The van der Waals surface area contributed by atoms with Crippen LogP contribution in [0.4, 0.5) is 11.4 Å². The lowest BCUT2D eigenvalue weighted by Crippen LogP contribution is -2.93. The third kappa shape index (κ3) is 6.31. The number of nitrogens with two attached hydrogens (primary N) is 1. The van der Waals surface area contributed by atoms with E-state index in [0.29, 0.717) is 48.0 Å². The first-order chi connectivity index (χ1) is 15.0. The molecule has 1 fully saturated rings. The van der Waals surface area contributed by atoms with Crippen molar-refractivity contribution < 1.29 is 19.6 Å². The molecule has 31 heavy (non-hydrogen) atoms. The first-order valence-electron chi connectivity index (χ1n) is 11.2. The SMILES string of the molecule is CCOc1ccc(NC(=O)c2ccccc2NC(=O)C[NH2+][C@@H]2CCC[C@@H](C)[C@@H]2C)cc1. The van der Waals surface area contributed by atoms with Gasteiger partial charge in [-0.1, -0.05) is 26.0 Å². The molecule has 6 nitrogen and oxygen atoms in total. The molecule has 166 valence electrons. The lowest BCUT2D eigenvalue weighted by Gasteiger charge is -2.31. The predicted octanol–water partition coefficient (Wildman–Crippen LogP) is 3.66. The molecule has 6 heteroatoms. The van der Waals surface area contributed by atoms with Gasteiger partial charge in [-0.05, 0) is 68.5 Å². The summed E-state index contributed by atoms with van der Waals surface area (Å²) in [4.78, 5) is 25.4. The molecule has 0 radical (unpaired) electrons. The predicted molar refractivity (Wildman–Crippen MR) is 123 cm³/mol. The van der Waals surface area contributed by atoms with Crippen LogP contribution in [0.5, 0.6) is 5.75 Å². The summed E-state index contributed by atoms with van der Waals surface area (Å²) in [5, 5.41) is 7.95. The van der Waals surface area contributed by atoms with Crippen LogP contribution in [0.2, 0.25) is 0 Å². The molecule has 0 aromatic heterocycles. The van der Waals surface area contributed by atoms with Crippen LogP contribution in [-0.2, 0) is 4.79 Å². The number of ether oxygens (including phenoxy) is 1. The largest absolute Gasteiger partial charge is 0.494 e. The zero-order valence-electron chi connectivity index (χ0n) is 18.7. The molecule has 4 N–H and O–H groups in total. The summed E-state index contributed by atoms with van der Waals surface area (Å²) in [5.41, 5.74) is 1.63. The molecule has 0 unspecified atom stereocenters. The third-order valence-corrected chi connectivity index (χ3v) is 6.24. The highest BCUT2D eigenvalue weighted by Gasteiger charge is 2.30. The number of amides is 2. The van der Waals surface area contributed by atoms with E-state index < -0.39 is 0 Å². The molecule has 0 heterocycles. The highest BCUT2D eigenvalue weighted by atomic mass is 16.5. The van der Waals surface area contributed by atoms with Gasteiger partial charge in [0.15, 0.2) is 6.54 Å². The second-order valence-electron chi connectivity index (χ2n) is 8.38. The maximum absolute atomic E-state index is 12.8. The summed E-state index contributed by atoms with van der Waals surface area (Å²) in [7, 11) is 0. The summed E-state index contributed by atoms with van der Waals surface area (Å²) >= 11 is 0. The van der Waals surface area contributed by atoms with Gasteiger partial charge >= 0.3 is 0 Å². The minimum Gasteiger partial charge on any atom is -0.494 e. The molecule has 2 aromatic rings. The number of carbonyl (C=O) groups excluding carboxylic acids is 2. The summed E-state index contributed by atoms with van der Waals surface area (Å²) < 4.78 is 5.43. The molecule has 3 rings (SSSR count). The van der Waals surface area contributed by atoms with Gasteiger partial charge in [-0.2, -0.15) is 0 Å². The number of quaternary nitrogens is 1. The molecule has 2 amide bonds. The van der Waals surface area contributed by atoms with Crippen molar-refractivity contribution in [3.8, 4) is 5.75 Å². The fraction of sp³-hybridized carbons (Fsp3) is 0.440. The topological polar surface area (TPSA) is 84.0 Å². The Morgan fingerprint density at radius 3 is 2.52 bits per heavy atom. The maximum Gasteiger partial charge on any atom is 0.279 e. The van der Waals surface area contributed by atoms with Crippen LogP contribution < -0.4 is 20.7 Å². The van der Waals surface area contributed by atoms with E-state index in [-0.39, 0.29) is 11.8 Å². The molecular weight excluding hydrogens is 390 g/mol. The van der Waals surface area contributed by atoms with Gasteiger partial charge in [-0.3, -0.25) is 9.59 Å². The van der Waals surface area contributed by atoms with Crippen LogP contribution in [0.1, 0.15) is 50.4 Å². The van der Waals surface area contributed by atoms with Crippen molar-refractivity contribution in [2.75, 3.05) is 23.8 Å². The van der Waals surface area contributed by atoms with Crippen LogP contribution in [0.3, 0.4) is 0 Å². The molecule has 2 aromatic carbocycles. The van der Waals surface area contributed by atoms with Crippen LogP contribution in [0.15, 0.2) is 48.5 Å². The van der Waals surface area contributed by atoms with Crippen molar-refractivity contribution >= 4 is 23.2 Å². The number of rotatable bonds is 8.